The number of hydrogen-bond acceptors (Lipinski definition) is 6. The zero-order valence-electron chi connectivity index (χ0n) is 19.8. The average molecular weight is 491 g/mol. The van der Waals surface area contributed by atoms with E-state index in [1.54, 1.807) is 49.9 Å². The van der Waals surface area contributed by atoms with Crippen LogP contribution in [0.4, 0.5) is 0 Å². The molecule has 0 aromatic heterocycles. The number of carbonyl (C=O) groups excluding carboxylic acids is 4. The zero-order valence-corrected chi connectivity index (χ0v) is 20.6. The molecule has 2 aliphatic heterocycles. The van der Waals surface area contributed by atoms with Crippen LogP contribution >= 0.6 is 11.6 Å². The summed E-state index contributed by atoms with van der Waals surface area (Å²) in [5.41, 5.74) is 1.41. The van der Waals surface area contributed by atoms with Crippen molar-refractivity contribution in [3.05, 3.63) is 46.1 Å². The van der Waals surface area contributed by atoms with E-state index in [1.807, 2.05) is 0 Å². The first-order valence-corrected chi connectivity index (χ1v) is 12.0. The lowest BCUT2D eigenvalue weighted by Crippen LogP contribution is -2.48. The van der Waals surface area contributed by atoms with E-state index in [0.29, 0.717) is 54.4 Å². The number of rotatable bonds is 7. The number of likely N-dealkylation sites (tertiary alicyclic amines) is 1. The predicted octanol–water partition coefficient (Wildman–Crippen LogP) is 3.29. The van der Waals surface area contributed by atoms with E-state index in [4.69, 9.17) is 21.1 Å². The van der Waals surface area contributed by atoms with Crippen molar-refractivity contribution in [3.8, 4) is 0 Å². The summed E-state index contributed by atoms with van der Waals surface area (Å²) in [5, 5.41) is 0.462. The van der Waals surface area contributed by atoms with Gasteiger partial charge in [-0.25, -0.2) is 4.79 Å². The molecule has 0 radical (unpaired) electrons. The number of allylic oxidation sites excluding steroid dienone is 1. The van der Waals surface area contributed by atoms with Gasteiger partial charge < -0.3 is 19.3 Å². The highest BCUT2D eigenvalue weighted by atomic mass is 35.5. The second kappa shape index (κ2) is 11.5. The minimum absolute atomic E-state index is 0.00737. The maximum atomic E-state index is 13.1. The van der Waals surface area contributed by atoms with Gasteiger partial charge in [0.05, 0.1) is 24.7 Å². The third-order valence-electron chi connectivity index (χ3n) is 6.36. The monoisotopic (exact) mass is 490 g/mol. The highest BCUT2D eigenvalue weighted by molar-refractivity contribution is 6.31. The molecule has 0 spiro atoms. The maximum absolute atomic E-state index is 13.1. The van der Waals surface area contributed by atoms with Crippen molar-refractivity contribution in [1.29, 1.82) is 0 Å². The van der Waals surface area contributed by atoms with Crippen molar-refractivity contribution < 1.29 is 28.7 Å². The molecule has 1 fully saturated rings. The lowest BCUT2D eigenvalue weighted by atomic mass is 9.83. The van der Waals surface area contributed by atoms with Crippen LogP contribution in [0.1, 0.15) is 51.5 Å². The van der Waals surface area contributed by atoms with E-state index in [2.05, 4.69) is 0 Å². The van der Waals surface area contributed by atoms with E-state index in [-0.39, 0.29) is 43.3 Å². The quantitative estimate of drug-likeness (QED) is 0.544. The standard InChI is InChI=1S/C25H31ClN2O6/c1-4-33-24(31)17-10-12-27(13-11-17)22(30)15-28-16(3)23(25(32)34-5-2)19(14-21(28)29)18-8-6-7-9-20(18)26/h6-9,17,19H,4-5,10-15H2,1-3H3. The van der Waals surface area contributed by atoms with Crippen LogP contribution in [0, 0.1) is 5.92 Å². The lowest BCUT2D eigenvalue weighted by Gasteiger charge is -2.36. The average Bonchev–Trinajstić information content (AvgIpc) is 2.82. The van der Waals surface area contributed by atoms with Crippen molar-refractivity contribution in [3.63, 3.8) is 0 Å². The minimum Gasteiger partial charge on any atom is -0.466 e. The molecule has 1 atom stereocenters. The number of benzene rings is 1. The fourth-order valence-electron chi connectivity index (χ4n) is 4.56. The summed E-state index contributed by atoms with van der Waals surface area (Å²) in [5.74, 6) is -2.00. The molecule has 3 rings (SSSR count). The maximum Gasteiger partial charge on any atom is 0.336 e. The first-order chi connectivity index (χ1) is 16.3. The first-order valence-electron chi connectivity index (χ1n) is 11.7. The number of esters is 2. The van der Waals surface area contributed by atoms with Gasteiger partial charge in [-0.2, -0.15) is 0 Å². The summed E-state index contributed by atoms with van der Waals surface area (Å²) in [6.07, 6.45) is 1.05. The number of halogens is 1. The minimum atomic E-state index is -0.549. The van der Waals surface area contributed by atoms with Gasteiger partial charge in [0.2, 0.25) is 11.8 Å². The van der Waals surface area contributed by atoms with Gasteiger partial charge in [-0.1, -0.05) is 29.8 Å². The van der Waals surface area contributed by atoms with Crippen LogP contribution < -0.4 is 0 Å². The van der Waals surface area contributed by atoms with E-state index in [1.165, 1.54) is 4.90 Å². The molecule has 0 bridgehead atoms. The number of carbonyl (C=O) groups is 4. The fourth-order valence-corrected chi connectivity index (χ4v) is 4.83. The smallest absolute Gasteiger partial charge is 0.336 e. The highest BCUT2D eigenvalue weighted by Gasteiger charge is 2.39. The number of piperidine rings is 1. The third-order valence-corrected chi connectivity index (χ3v) is 6.70. The van der Waals surface area contributed by atoms with Crippen LogP contribution in [0.15, 0.2) is 35.5 Å². The van der Waals surface area contributed by atoms with Gasteiger partial charge >= 0.3 is 11.9 Å². The van der Waals surface area contributed by atoms with Gasteiger partial charge in [0.15, 0.2) is 0 Å². The summed E-state index contributed by atoms with van der Waals surface area (Å²) in [7, 11) is 0. The Morgan fingerprint density at radius 1 is 1.06 bits per heavy atom. The van der Waals surface area contributed by atoms with Crippen molar-refractivity contribution in [2.75, 3.05) is 32.8 Å². The number of hydrogen-bond donors (Lipinski definition) is 0. The van der Waals surface area contributed by atoms with Gasteiger partial charge in [-0.15, -0.1) is 0 Å². The molecule has 2 amide bonds. The summed E-state index contributed by atoms with van der Waals surface area (Å²) < 4.78 is 10.4. The Bertz CT molecular complexity index is 983. The SMILES string of the molecule is CCOC(=O)C1=C(C)N(CC(=O)N2CCC(C(=O)OCC)CC2)C(=O)CC1c1ccccc1Cl. The van der Waals surface area contributed by atoms with Crippen LogP contribution in [0.25, 0.3) is 0 Å². The van der Waals surface area contributed by atoms with Crippen LogP contribution in [0.3, 0.4) is 0 Å². The summed E-state index contributed by atoms with van der Waals surface area (Å²) in [6, 6.07) is 7.10. The molecule has 2 heterocycles. The van der Waals surface area contributed by atoms with Gasteiger partial charge in [-0.3, -0.25) is 14.4 Å². The molecule has 34 heavy (non-hydrogen) atoms. The molecule has 0 N–H and O–H groups in total. The highest BCUT2D eigenvalue weighted by Crippen LogP contribution is 2.39. The largest absolute Gasteiger partial charge is 0.466 e. The van der Waals surface area contributed by atoms with Crippen molar-refractivity contribution in [2.45, 2.75) is 46.0 Å². The van der Waals surface area contributed by atoms with E-state index < -0.39 is 11.9 Å². The van der Waals surface area contributed by atoms with Crippen LogP contribution in [0.2, 0.25) is 5.02 Å². The Labute approximate surface area is 204 Å². The summed E-state index contributed by atoms with van der Waals surface area (Å²) in [4.78, 5) is 54.0. The Balaban J connectivity index is 1.80. The molecule has 1 unspecified atom stereocenters. The molecular weight excluding hydrogens is 460 g/mol. The summed E-state index contributed by atoms with van der Waals surface area (Å²) in [6.45, 7) is 6.32. The van der Waals surface area contributed by atoms with E-state index in [0.717, 1.165) is 0 Å². The first kappa shape index (κ1) is 25.7. The Morgan fingerprint density at radius 3 is 2.32 bits per heavy atom. The molecule has 9 heteroatoms. The van der Waals surface area contributed by atoms with Crippen molar-refractivity contribution in [2.24, 2.45) is 5.92 Å². The molecule has 1 aromatic carbocycles. The number of ether oxygens (including phenoxy) is 2. The van der Waals surface area contributed by atoms with Gasteiger partial charge in [-0.05, 0) is 45.2 Å². The Hall–Kier alpha value is -2.87. The molecule has 1 saturated heterocycles. The third kappa shape index (κ3) is 5.60. The van der Waals surface area contributed by atoms with E-state index in [9.17, 15) is 19.2 Å². The van der Waals surface area contributed by atoms with E-state index >= 15 is 0 Å². The molecule has 8 nitrogen and oxygen atoms in total. The normalized spacial score (nSPS) is 19.3. The molecule has 184 valence electrons. The predicted molar refractivity (Wildman–Crippen MR) is 126 cm³/mol. The second-order valence-electron chi connectivity index (χ2n) is 8.38. The van der Waals surface area contributed by atoms with Crippen LogP contribution in [-0.2, 0) is 28.7 Å². The topological polar surface area (TPSA) is 93.2 Å². The second-order valence-corrected chi connectivity index (χ2v) is 8.79. The Morgan fingerprint density at radius 2 is 1.71 bits per heavy atom. The van der Waals surface area contributed by atoms with Gasteiger partial charge in [0, 0.05) is 36.1 Å². The van der Waals surface area contributed by atoms with Crippen LogP contribution in [0.5, 0.6) is 0 Å². The molecule has 0 saturated carbocycles. The lowest BCUT2D eigenvalue weighted by molar-refractivity contribution is -0.151. The van der Waals surface area contributed by atoms with Crippen molar-refractivity contribution >= 4 is 35.4 Å². The van der Waals surface area contributed by atoms with Gasteiger partial charge in [0.1, 0.15) is 6.54 Å². The van der Waals surface area contributed by atoms with Crippen molar-refractivity contribution in [1.82, 2.24) is 9.80 Å². The summed E-state index contributed by atoms with van der Waals surface area (Å²) >= 11 is 6.38. The molecule has 0 aliphatic carbocycles. The fraction of sp³-hybridized carbons (Fsp3) is 0.520. The molecule has 1 aromatic rings. The molecular formula is C25H31ClN2O6. The number of amides is 2. The Kier molecular flexibility index (Phi) is 8.72. The zero-order chi connectivity index (χ0) is 24.8. The molecule has 2 aliphatic rings. The number of nitrogens with zero attached hydrogens (tertiary/aromatic N) is 2. The van der Waals surface area contributed by atoms with Gasteiger partial charge in [0.25, 0.3) is 0 Å². The van der Waals surface area contributed by atoms with Crippen LogP contribution in [-0.4, -0.2) is 66.4 Å².